The lowest BCUT2D eigenvalue weighted by Gasteiger charge is -2.38. The van der Waals surface area contributed by atoms with Gasteiger partial charge in [0.1, 0.15) is 0 Å². The molecule has 1 fully saturated rings. The largest absolute Gasteiger partial charge is 0.465 e. The van der Waals surface area contributed by atoms with Crippen LogP contribution >= 0.6 is 0 Å². The zero-order chi connectivity index (χ0) is 13.2. The molecule has 0 amide bonds. The normalized spacial score (nSPS) is 16.8. The van der Waals surface area contributed by atoms with Gasteiger partial charge in [0.25, 0.3) is 0 Å². The van der Waals surface area contributed by atoms with Crippen molar-refractivity contribution in [3.63, 3.8) is 0 Å². The highest BCUT2D eigenvalue weighted by Gasteiger charge is 2.31. The molecular formula is C14H20N2O2. The fourth-order valence-corrected chi connectivity index (χ4v) is 2.27. The van der Waals surface area contributed by atoms with E-state index in [9.17, 15) is 4.79 Å². The molecule has 18 heavy (non-hydrogen) atoms. The first-order chi connectivity index (χ1) is 8.56. The van der Waals surface area contributed by atoms with Crippen LogP contribution in [0.15, 0.2) is 18.2 Å². The highest BCUT2D eigenvalue weighted by Crippen LogP contribution is 2.40. The summed E-state index contributed by atoms with van der Waals surface area (Å²) in [6, 6.07) is 5.38. The Morgan fingerprint density at radius 2 is 2.22 bits per heavy atom. The summed E-state index contributed by atoms with van der Waals surface area (Å²) in [5.74, 6) is -0.397. The van der Waals surface area contributed by atoms with Crippen molar-refractivity contribution in [1.82, 2.24) is 0 Å². The molecule has 1 aromatic rings. The van der Waals surface area contributed by atoms with Crippen LogP contribution in [0.2, 0.25) is 0 Å². The summed E-state index contributed by atoms with van der Waals surface area (Å²) in [5.41, 5.74) is 8.05. The third-order valence-electron chi connectivity index (χ3n) is 3.78. The number of para-hydroxylation sites is 1. The Balaban J connectivity index is 2.10. The summed E-state index contributed by atoms with van der Waals surface area (Å²) in [6.07, 6.45) is 3.79. The highest BCUT2D eigenvalue weighted by molar-refractivity contribution is 5.98. The monoisotopic (exact) mass is 248 g/mol. The molecule has 1 aromatic carbocycles. The van der Waals surface area contributed by atoms with E-state index in [0.717, 1.165) is 12.2 Å². The van der Waals surface area contributed by atoms with Crippen molar-refractivity contribution >= 4 is 17.3 Å². The molecule has 0 atom stereocenters. The second-order valence-corrected chi connectivity index (χ2v) is 5.28. The third-order valence-corrected chi connectivity index (χ3v) is 3.78. The van der Waals surface area contributed by atoms with E-state index in [4.69, 9.17) is 10.5 Å². The Labute approximate surface area is 108 Å². The van der Waals surface area contributed by atoms with Gasteiger partial charge in [-0.3, -0.25) is 0 Å². The second-order valence-electron chi connectivity index (χ2n) is 5.28. The van der Waals surface area contributed by atoms with Gasteiger partial charge in [0.05, 0.1) is 24.0 Å². The summed E-state index contributed by atoms with van der Waals surface area (Å²) in [7, 11) is 1.36. The first-order valence-corrected chi connectivity index (χ1v) is 6.26. The lowest BCUT2D eigenvalue weighted by atomic mass is 9.70. The molecule has 1 aliphatic carbocycles. The molecule has 4 nitrogen and oxygen atoms in total. The number of benzene rings is 1. The van der Waals surface area contributed by atoms with Crippen LogP contribution in [0.5, 0.6) is 0 Å². The minimum Gasteiger partial charge on any atom is -0.465 e. The summed E-state index contributed by atoms with van der Waals surface area (Å²) in [6.45, 7) is 3.16. The molecule has 0 heterocycles. The van der Waals surface area contributed by atoms with Gasteiger partial charge in [0.2, 0.25) is 0 Å². The molecule has 0 saturated heterocycles. The number of ether oxygens (including phenoxy) is 1. The Hall–Kier alpha value is -1.71. The van der Waals surface area contributed by atoms with Crippen LogP contribution in [0.3, 0.4) is 0 Å². The Morgan fingerprint density at radius 3 is 2.78 bits per heavy atom. The maximum atomic E-state index is 11.5. The van der Waals surface area contributed by atoms with Gasteiger partial charge in [-0.2, -0.15) is 0 Å². The number of carbonyl (C=O) groups excluding carboxylic acids is 1. The number of carbonyl (C=O) groups is 1. The lowest BCUT2D eigenvalue weighted by molar-refractivity contribution is 0.0602. The maximum absolute atomic E-state index is 11.5. The van der Waals surface area contributed by atoms with E-state index in [2.05, 4.69) is 12.2 Å². The highest BCUT2D eigenvalue weighted by atomic mass is 16.5. The third kappa shape index (κ3) is 2.42. The molecule has 1 aliphatic rings. The van der Waals surface area contributed by atoms with Gasteiger partial charge >= 0.3 is 5.97 Å². The van der Waals surface area contributed by atoms with Crippen LogP contribution in [0.25, 0.3) is 0 Å². The fraction of sp³-hybridized carbons (Fsp3) is 0.500. The number of hydrogen-bond acceptors (Lipinski definition) is 4. The van der Waals surface area contributed by atoms with Crippen LogP contribution in [-0.2, 0) is 4.74 Å². The number of nitrogens with two attached hydrogens (primary N) is 1. The quantitative estimate of drug-likeness (QED) is 0.635. The lowest BCUT2D eigenvalue weighted by Crippen LogP contribution is -2.33. The van der Waals surface area contributed by atoms with Crippen LogP contribution in [-0.4, -0.2) is 19.6 Å². The van der Waals surface area contributed by atoms with Crippen molar-refractivity contribution in [2.45, 2.75) is 26.2 Å². The summed E-state index contributed by atoms with van der Waals surface area (Å²) < 4.78 is 4.70. The van der Waals surface area contributed by atoms with E-state index < -0.39 is 5.97 Å². The molecule has 98 valence electrons. The molecule has 0 aromatic heterocycles. The molecule has 0 bridgehead atoms. The molecule has 0 spiro atoms. The minimum atomic E-state index is -0.397. The Kier molecular flexibility index (Phi) is 3.45. The van der Waals surface area contributed by atoms with Crippen LogP contribution in [0.1, 0.15) is 36.5 Å². The number of anilines is 2. The molecule has 3 N–H and O–H groups in total. The van der Waals surface area contributed by atoms with Gasteiger partial charge in [-0.25, -0.2) is 4.79 Å². The number of nitrogens with one attached hydrogen (secondary N) is 1. The average Bonchev–Trinajstić information content (AvgIpc) is 2.34. The van der Waals surface area contributed by atoms with E-state index in [1.54, 1.807) is 6.07 Å². The second kappa shape index (κ2) is 4.88. The standard InChI is InChI=1S/C14H20N2O2/c1-14(7-4-8-14)9-16-11-6-3-5-10(12(11)15)13(17)18-2/h3,5-6,16H,4,7-9,15H2,1-2H3. The van der Waals surface area contributed by atoms with Crippen LogP contribution in [0.4, 0.5) is 11.4 Å². The molecule has 0 unspecified atom stereocenters. The van der Waals surface area contributed by atoms with E-state index >= 15 is 0 Å². The van der Waals surface area contributed by atoms with E-state index in [1.807, 2.05) is 12.1 Å². The van der Waals surface area contributed by atoms with Crippen molar-refractivity contribution in [2.75, 3.05) is 24.7 Å². The predicted molar refractivity (Wildman–Crippen MR) is 72.6 cm³/mol. The van der Waals surface area contributed by atoms with Gasteiger partial charge in [0, 0.05) is 6.54 Å². The molecule has 2 rings (SSSR count). The number of esters is 1. The Morgan fingerprint density at radius 1 is 1.50 bits per heavy atom. The number of hydrogen-bond donors (Lipinski definition) is 2. The van der Waals surface area contributed by atoms with Gasteiger partial charge in [-0.05, 0) is 30.4 Å². The summed E-state index contributed by atoms with van der Waals surface area (Å²) in [4.78, 5) is 11.5. The van der Waals surface area contributed by atoms with Gasteiger partial charge in [-0.1, -0.05) is 19.4 Å². The molecule has 1 saturated carbocycles. The maximum Gasteiger partial charge on any atom is 0.340 e. The van der Waals surface area contributed by atoms with Crippen LogP contribution in [0, 0.1) is 5.41 Å². The average molecular weight is 248 g/mol. The number of rotatable bonds is 4. The minimum absolute atomic E-state index is 0.369. The fourth-order valence-electron chi connectivity index (χ4n) is 2.27. The molecule has 0 aliphatic heterocycles. The van der Waals surface area contributed by atoms with Crippen molar-refractivity contribution in [3.05, 3.63) is 23.8 Å². The molecule has 0 radical (unpaired) electrons. The molecular weight excluding hydrogens is 228 g/mol. The van der Waals surface area contributed by atoms with E-state index in [-0.39, 0.29) is 0 Å². The van der Waals surface area contributed by atoms with Crippen molar-refractivity contribution in [3.8, 4) is 0 Å². The van der Waals surface area contributed by atoms with E-state index in [0.29, 0.717) is 16.7 Å². The van der Waals surface area contributed by atoms with E-state index in [1.165, 1.54) is 26.4 Å². The van der Waals surface area contributed by atoms with Crippen LogP contribution < -0.4 is 11.1 Å². The molecule has 4 heteroatoms. The van der Waals surface area contributed by atoms with Crippen molar-refractivity contribution in [1.29, 1.82) is 0 Å². The van der Waals surface area contributed by atoms with Gasteiger partial charge in [0.15, 0.2) is 0 Å². The smallest absolute Gasteiger partial charge is 0.340 e. The van der Waals surface area contributed by atoms with Crippen molar-refractivity contribution in [2.24, 2.45) is 5.41 Å². The van der Waals surface area contributed by atoms with Crippen molar-refractivity contribution < 1.29 is 9.53 Å². The Bertz CT molecular complexity index is 453. The number of methoxy groups -OCH3 is 1. The van der Waals surface area contributed by atoms with Gasteiger partial charge < -0.3 is 15.8 Å². The summed E-state index contributed by atoms with van der Waals surface area (Å²) >= 11 is 0. The topological polar surface area (TPSA) is 64.3 Å². The van der Waals surface area contributed by atoms with Gasteiger partial charge in [-0.15, -0.1) is 0 Å². The SMILES string of the molecule is COC(=O)c1cccc(NCC2(C)CCC2)c1N. The zero-order valence-electron chi connectivity index (χ0n) is 11.0. The summed E-state index contributed by atoms with van der Waals surface area (Å²) in [5, 5.41) is 3.34. The first-order valence-electron chi connectivity index (χ1n) is 6.26. The number of nitrogen functional groups attached to an aromatic ring is 1. The predicted octanol–water partition coefficient (Wildman–Crippen LogP) is 2.66. The zero-order valence-corrected chi connectivity index (χ0v) is 11.0. The first kappa shape index (κ1) is 12.7.